The van der Waals surface area contributed by atoms with Crippen molar-refractivity contribution in [3.05, 3.63) is 42.1 Å². The highest BCUT2D eigenvalue weighted by Gasteiger charge is 2.15. The third-order valence-corrected chi connectivity index (χ3v) is 3.65. The van der Waals surface area contributed by atoms with Gasteiger partial charge in [0.05, 0.1) is 11.6 Å². The zero-order chi connectivity index (χ0) is 13.1. The van der Waals surface area contributed by atoms with Crippen molar-refractivity contribution in [1.82, 2.24) is 10.4 Å². The molecule has 0 bridgehead atoms. The maximum absolute atomic E-state index is 5.63. The van der Waals surface area contributed by atoms with E-state index < -0.39 is 0 Å². The number of aromatic nitrogens is 1. The van der Waals surface area contributed by atoms with Gasteiger partial charge < -0.3 is 5.43 Å². The topological polar surface area (TPSA) is 63.3 Å². The molecule has 1 saturated carbocycles. The first-order valence-electron chi connectivity index (χ1n) is 6.76. The lowest BCUT2D eigenvalue weighted by Crippen LogP contribution is -2.32. The normalized spacial score (nSPS) is 17.0. The molecular formula is C15H18N4. The first-order chi connectivity index (χ1) is 9.36. The molecule has 1 heterocycles. The van der Waals surface area contributed by atoms with Gasteiger partial charge in [0, 0.05) is 17.1 Å². The van der Waals surface area contributed by atoms with E-state index in [-0.39, 0.29) is 0 Å². The molecular weight excluding hydrogens is 236 g/mol. The highest BCUT2D eigenvalue weighted by molar-refractivity contribution is 6.01. The van der Waals surface area contributed by atoms with E-state index in [1.165, 1.54) is 25.7 Å². The zero-order valence-corrected chi connectivity index (χ0v) is 10.8. The van der Waals surface area contributed by atoms with Crippen LogP contribution in [0.15, 0.2) is 41.5 Å². The number of amidine groups is 1. The smallest absolute Gasteiger partial charge is 0.142 e. The Balaban J connectivity index is 1.96. The van der Waals surface area contributed by atoms with Gasteiger partial charge in [0.25, 0.3) is 0 Å². The number of hydrogen-bond acceptors (Lipinski definition) is 3. The highest BCUT2D eigenvalue weighted by Crippen LogP contribution is 2.22. The van der Waals surface area contributed by atoms with Crippen LogP contribution < -0.4 is 11.3 Å². The van der Waals surface area contributed by atoms with Crippen LogP contribution in [0.4, 0.5) is 0 Å². The molecule has 0 atom stereocenters. The van der Waals surface area contributed by atoms with Crippen LogP contribution in [0.5, 0.6) is 0 Å². The van der Waals surface area contributed by atoms with Gasteiger partial charge in [0.15, 0.2) is 0 Å². The van der Waals surface area contributed by atoms with Gasteiger partial charge in [0.2, 0.25) is 0 Å². The van der Waals surface area contributed by atoms with E-state index in [1.807, 2.05) is 18.2 Å². The Labute approximate surface area is 112 Å². The summed E-state index contributed by atoms with van der Waals surface area (Å²) in [7, 11) is 0. The predicted octanol–water partition coefficient (Wildman–Crippen LogP) is 2.39. The second kappa shape index (κ2) is 5.36. The van der Waals surface area contributed by atoms with Crippen LogP contribution in [0.1, 0.15) is 31.2 Å². The number of aliphatic imine (C=N–C) groups is 1. The SMILES string of the molecule is NNC(=NC1CCCC1)c1ccc2ncccc2c1. The number of nitrogens with zero attached hydrogens (tertiary/aromatic N) is 2. The van der Waals surface area contributed by atoms with Crippen LogP contribution in [-0.2, 0) is 0 Å². The lowest BCUT2D eigenvalue weighted by Gasteiger charge is -2.10. The molecule has 0 aliphatic heterocycles. The van der Waals surface area contributed by atoms with Crippen molar-refractivity contribution in [2.75, 3.05) is 0 Å². The highest BCUT2D eigenvalue weighted by atomic mass is 15.3. The number of pyridine rings is 1. The Morgan fingerprint density at radius 1 is 1.26 bits per heavy atom. The molecule has 98 valence electrons. The lowest BCUT2D eigenvalue weighted by atomic mass is 10.1. The van der Waals surface area contributed by atoms with Gasteiger partial charge in [-0.25, -0.2) is 5.84 Å². The molecule has 1 fully saturated rings. The van der Waals surface area contributed by atoms with E-state index in [0.717, 1.165) is 22.3 Å². The van der Waals surface area contributed by atoms with Crippen LogP contribution in [-0.4, -0.2) is 16.9 Å². The van der Waals surface area contributed by atoms with Crippen LogP contribution in [0.25, 0.3) is 10.9 Å². The van der Waals surface area contributed by atoms with Gasteiger partial charge in [0.1, 0.15) is 5.84 Å². The molecule has 4 nitrogen and oxygen atoms in total. The summed E-state index contributed by atoms with van der Waals surface area (Å²) in [5.41, 5.74) is 4.75. The van der Waals surface area contributed by atoms with Crippen LogP contribution >= 0.6 is 0 Å². The molecule has 0 amide bonds. The van der Waals surface area contributed by atoms with Crippen molar-refractivity contribution in [3.63, 3.8) is 0 Å². The van der Waals surface area contributed by atoms with E-state index in [0.29, 0.717) is 6.04 Å². The number of fused-ring (bicyclic) bond motifs is 1. The summed E-state index contributed by atoms with van der Waals surface area (Å²) >= 11 is 0. The average Bonchev–Trinajstić information content (AvgIpc) is 2.97. The number of benzene rings is 1. The summed E-state index contributed by atoms with van der Waals surface area (Å²) in [6, 6.07) is 10.5. The van der Waals surface area contributed by atoms with Crippen molar-refractivity contribution in [3.8, 4) is 0 Å². The van der Waals surface area contributed by atoms with Gasteiger partial charge in [-0.1, -0.05) is 18.9 Å². The number of hydrazine groups is 1. The predicted molar refractivity (Wildman–Crippen MR) is 77.9 cm³/mol. The van der Waals surface area contributed by atoms with Gasteiger partial charge in [-0.05, 0) is 37.1 Å². The van der Waals surface area contributed by atoms with Gasteiger partial charge in [-0.2, -0.15) is 0 Å². The molecule has 0 spiro atoms. The third kappa shape index (κ3) is 2.58. The fraction of sp³-hybridized carbons (Fsp3) is 0.333. The summed E-state index contributed by atoms with van der Waals surface area (Å²) in [5, 5.41) is 1.11. The van der Waals surface area contributed by atoms with Crippen molar-refractivity contribution in [1.29, 1.82) is 0 Å². The summed E-state index contributed by atoms with van der Waals surface area (Å²) in [6.07, 6.45) is 6.68. The quantitative estimate of drug-likeness (QED) is 0.374. The summed E-state index contributed by atoms with van der Waals surface area (Å²) in [4.78, 5) is 9.05. The maximum Gasteiger partial charge on any atom is 0.142 e. The molecule has 1 aromatic carbocycles. The van der Waals surface area contributed by atoms with Gasteiger partial charge >= 0.3 is 0 Å². The van der Waals surface area contributed by atoms with Gasteiger partial charge in [-0.3, -0.25) is 9.98 Å². The molecule has 1 aromatic heterocycles. The Morgan fingerprint density at radius 3 is 2.89 bits per heavy atom. The van der Waals surface area contributed by atoms with Gasteiger partial charge in [-0.15, -0.1) is 0 Å². The molecule has 1 aliphatic carbocycles. The van der Waals surface area contributed by atoms with E-state index in [4.69, 9.17) is 10.8 Å². The number of hydrogen-bond donors (Lipinski definition) is 2. The molecule has 1 aliphatic rings. The van der Waals surface area contributed by atoms with E-state index >= 15 is 0 Å². The van der Waals surface area contributed by atoms with Crippen molar-refractivity contribution in [2.24, 2.45) is 10.8 Å². The van der Waals surface area contributed by atoms with E-state index in [2.05, 4.69) is 22.5 Å². The maximum atomic E-state index is 5.63. The summed E-state index contributed by atoms with van der Waals surface area (Å²) < 4.78 is 0. The number of rotatable bonds is 2. The molecule has 3 rings (SSSR count). The molecule has 4 heteroatoms. The van der Waals surface area contributed by atoms with Crippen LogP contribution in [0.3, 0.4) is 0 Å². The summed E-state index contributed by atoms with van der Waals surface area (Å²) in [6.45, 7) is 0. The fourth-order valence-corrected chi connectivity index (χ4v) is 2.63. The fourth-order valence-electron chi connectivity index (χ4n) is 2.63. The lowest BCUT2D eigenvalue weighted by molar-refractivity contribution is 0.701. The monoisotopic (exact) mass is 254 g/mol. The number of nitrogens with one attached hydrogen (secondary N) is 1. The molecule has 0 unspecified atom stereocenters. The standard InChI is InChI=1S/C15H18N4/c16-19-15(18-13-5-1-2-6-13)12-7-8-14-11(10-12)4-3-9-17-14/h3-4,7-10,13H,1-2,5-6,16H2,(H,18,19). The Hall–Kier alpha value is -1.94. The Kier molecular flexibility index (Phi) is 3.42. The number of nitrogens with two attached hydrogens (primary N) is 1. The molecule has 2 aromatic rings. The van der Waals surface area contributed by atoms with Crippen LogP contribution in [0.2, 0.25) is 0 Å². The largest absolute Gasteiger partial charge is 0.308 e. The minimum Gasteiger partial charge on any atom is -0.308 e. The molecule has 0 saturated heterocycles. The molecule has 0 radical (unpaired) electrons. The molecule has 3 N–H and O–H groups in total. The minimum atomic E-state index is 0.413. The Bertz CT molecular complexity index is 600. The second-order valence-electron chi connectivity index (χ2n) is 4.97. The summed E-state index contributed by atoms with van der Waals surface area (Å²) in [5.74, 6) is 6.41. The third-order valence-electron chi connectivity index (χ3n) is 3.65. The Morgan fingerprint density at radius 2 is 2.11 bits per heavy atom. The minimum absolute atomic E-state index is 0.413. The van der Waals surface area contributed by atoms with Crippen molar-refractivity contribution >= 4 is 16.7 Å². The molecule has 19 heavy (non-hydrogen) atoms. The van der Waals surface area contributed by atoms with Crippen LogP contribution in [0, 0.1) is 0 Å². The van der Waals surface area contributed by atoms with E-state index in [9.17, 15) is 0 Å². The first-order valence-corrected chi connectivity index (χ1v) is 6.76. The van der Waals surface area contributed by atoms with Crippen molar-refractivity contribution < 1.29 is 0 Å². The zero-order valence-electron chi connectivity index (χ0n) is 10.8. The second-order valence-corrected chi connectivity index (χ2v) is 4.97. The van der Waals surface area contributed by atoms with Crippen molar-refractivity contribution in [2.45, 2.75) is 31.7 Å². The van der Waals surface area contributed by atoms with E-state index in [1.54, 1.807) is 6.20 Å². The first kappa shape index (κ1) is 12.1. The average molecular weight is 254 g/mol.